The highest BCUT2D eigenvalue weighted by Crippen LogP contribution is 2.20. The molecule has 24 heavy (non-hydrogen) atoms. The Hall–Kier alpha value is -1.70. The lowest BCUT2D eigenvalue weighted by molar-refractivity contribution is 0.400. The number of thiocarbonyl (C=S) groups is 1. The van der Waals surface area contributed by atoms with E-state index in [9.17, 15) is 4.39 Å². The van der Waals surface area contributed by atoms with Gasteiger partial charge in [0, 0.05) is 12.7 Å². The van der Waals surface area contributed by atoms with Gasteiger partial charge in [0.25, 0.3) is 0 Å². The highest BCUT2D eigenvalue weighted by molar-refractivity contribution is 7.80. The van der Waals surface area contributed by atoms with Crippen LogP contribution in [0.15, 0.2) is 30.5 Å². The second-order valence-corrected chi connectivity index (χ2v) is 6.50. The van der Waals surface area contributed by atoms with Crippen molar-refractivity contribution in [3.63, 3.8) is 0 Å². The molecule has 0 aliphatic heterocycles. The van der Waals surface area contributed by atoms with Crippen molar-refractivity contribution in [2.75, 3.05) is 32.5 Å². The lowest BCUT2D eigenvalue weighted by Gasteiger charge is -2.11. The molecule has 1 aromatic carbocycles. The van der Waals surface area contributed by atoms with Crippen molar-refractivity contribution in [2.45, 2.75) is 13.0 Å². The molecule has 0 radical (unpaired) electrons. The summed E-state index contributed by atoms with van der Waals surface area (Å²) in [7, 11) is 4.06. The first-order valence-corrected chi connectivity index (χ1v) is 8.39. The van der Waals surface area contributed by atoms with Gasteiger partial charge in [0.2, 0.25) is 0 Å². The number of nitrogens with one attached hydrogen (secondary N) is 2. The number of benzene rings is 1. The third-order valence-corrected chi connectivity index (χ3v) is 3.80. The first-order valence-electron chi connectivity index (χ1n) is 7.61. The molecule has 0 spiro atoms. The van der Waals surface area contributed by atoms with Gasteiger partial charge in [-0.3, -0.25) is 4.68 Å². The SMILES string of the molecule is CN(C)CCCNC(=S)Nc1nn(Cc2ccc(F)cc2)cc1Cl. The molecule has 2 aromatic rings. The number of anilines is 1. The standard InChI is InChI=1S/C16H21ClFN5S/c1-22(2)9-3-8-19-16(24)20-15-14(17)11-23(21-15)10-12-4-6-13(18)7-5-12/h4-7,11H,3,8-10H2,1-2H3,(H2,19,20,21,24). The molecule has 0 amide bonds. The van der Waals surface area contributed by atoms with Crippen LogP contribution in [-0.4, -0.2) is 47.0 Å². The van der Waals surface area contributed by atoms with Crippen LogP contribution in [-0.2, 0) is 6.54 Å². The van der Waals surface area contributed by atoms with E-state index in [4.69, 9.17) is 23.8 Å². The summed E-state index contributed by atoms with van der Waals surface area (Å²) in [5.74, 6) is 0.245. The molecule has 5 nitrogen and oxygen atoms in total. The molecule has 0 saturated carbocycles. The van der Waals surface area contributed by atoms with Crippen LogP contribution in [0.25, 0.3) is 0 Å². The average Bonchev–Trinajstić information content (AvgIpc) is 2.85. The summed E-state index contributed by atoms with van der Waals surface area (Å²) < 4.78 is 14.6. The number of rotatable bonds is 7. The first-order chi connectivity index (χ1) is 11.4. The van der Waals surface area contributed by atoms with Crippen LogP contribution < -0.4 is 10.6 Å². The Balaban J connectivity index is 1.86. The molecular formula is C16H21ClFN5S. The topological polar surface area (TPSA) is 45.1 Å². The highest BCUT2D eigenvalue weighted by atomic mass is 35.5. The Bertz CT molecular complexity index is 672. The third kappa shape index (κ3) is 6.07. The maximum Gasteiger partial charge on any atom is 0.173 e. The Labute approximate surface area is 151 Å². The number of halogens is 2. The highest BCUT2D eigenvalue weighted by Gasteiger charge is 2.09. The van der Waals surface area contributed by atoms with Crippen LogP contribution in [0.4, 0.5) is 10.2 Å². The summed E-state index contributed by atoms with van der Waals surface area (Å²) in [6, 6.07) is 6.28. The van der Waals surface area contributed by atoms with E-state index in [2.05, 4.69) is 20.6 Å². The van der Waals surface area contributed by atoms with Crippen molar-refractivity contribution < 1.29 is 4.39 Å². The van der Waals surface area contributed by atoms with Crippen molar-refractivity contribution in [2.24, 2.45) is 0 Å². The monoisotopic (exact) mass is 369 g/mol. The van der Waals surface area contributed by atoms with Gasteiger partial charge in [0.1, 0.15) is 10.8 Å². The van der Waals surface area contributed by atoms with Crippen LogP contribution in [0.3, 0.4) is 0 Å². The largest absolute Gasteiger partial charge is 0.362 e. The number of hydrogen-bond acceptors (Lipinski definition) is 3. The normalized spacial score (nSPS) is 10.9. The molecule has 2 rings (SSSR count). The fourth-order valence-corrected chi connectivity index (χ4v) is 2.49. The maximum absolute atomic E-state index is 12.9. The number of hydrogen-bond donors (Lipinski definition) is 2. The molecule has 1 heterocycles. The van der Waals surface area contributed by atoms with E-state index in [0.29, 0.717) is 22.5 Å². The van der Waals surface area contributed by atoms with Crippen LogP contribution >= 0.6 is 23.8 Å². The summed E-state index contributed by atoms with van der Waals surface area (Å²) in [6.07, 6.45) is 2.70. The maximum atomic E-state index is 12.9. The number of aromatic nitrogens is 2. The summed E-state index contributed by atoms with van der Waals surface area (Å²) in [6.45, 7) is 2.27. The second kappa shape index (κ2) is 8.96. The van der Waals surface area contributed by atoms with E-state index in [-0.39, 0.29) is 5.82 Å². The van der Waals surface area contributed by atoms with E-state index in [1.807, 2.05) is 14.1 Å². The zero-order valence-corrected chi connectivity index (χ0v) is 15.3. The molecule has 0 aliphatic carbocycles. The number of nitrogens with zero attached hydrogens (tertiary/aromatic N) is 3. The molecule has 0 unspecified atom stereocenters. The average molecular weight is 370 g/mol. The quantitative estimate of drug-likeness (QED) is 0.580. The summed E-state index contributed by atoms with van der Waals surface area (Å²) in [5.41, 5.74) is 0.937. The van der Waals surface area contributed by atoms with Crippen molar-refractivity contribution in [1.29, 1.82) is 0 Å². The van der Waals surface area contributed by atoms with E-state index in [1.54, 1.807) is 23.0 Å². The van der Waals surface area contributed by atoms with Gasteiger partial charge < -0.3 is 15.5 Å². The van der Waals surface area contributed by atoms with Crippen LogP contribution in [0.2, 0.25) is 5.02 Å². The minimum atomic E-state index is -0.259. The lowest BCUT2D eigenvalue weighted by Crippen LogP contribution is -2.31. The van der Waals surface area contributed by atoms with Gasteiger partial charge in [-0.25, -0.2) is 4.39 Å². The molecule has 8 heteroatoms. The zero-order valence-electron chi connectivity index (χ0n) is 13.7. The zero-order chi connectivity index (χ0) is 17.5. The Morgan fingerprint density at radius 1 is 1.33 bits per heavy atom. The molecule has 0 bridgehead atoms. The van der Waals surface area contributed by atoms with Crippen LogP contribution in [0, 0.1) is 5.82 Å². The Morgan fingerprint density at radius 2 is 2.04 bits per heavy atom. The lowest BCUT2D eigenvalue weighted by atomic mass is 10.2. The fourth-order valence-electron chi connectivity index (χ4n) is 2.09. The second-order valence-electron chi connectivity index (χ2n) is 5.69. The van der Waals surface area contributed by atoms with Crippen molar-refractivity contribution >= 4 is 34.7 Å². The third-order valence-electron chi connectivity index (χ3n) is 3.27. The van der Waals surface area contributed by atoms with E-state index < -0.39 is 0 Å². The molecule has 0 fully saturated rings. The van der Waals surface area contributed by atoms with Gasteiger partial charge >= 0.3 is 0 Å². The molecule has 0 saturated heterocycles. The summed E-state index contributed by atoms with van der Waals surface area (Å²) in [4.78, 5) is 2.12. The van der Waals surface area contributed by atoms with Gasteiger partial charge in [-0.05, 0) is 57.0 Å². The van der Waals surface area contributed by atoms with E-state index in [1.165, 1.54) is 12.1 Å². The van der Waals surface area contributed by atoms with Crippen molar-refractivity contribution in [3.05, 3.63) is 46.9 Å². The predicted molar refractivity (Wildman–Crippen MR) is 100 cm³/mol. The Kier molecular flexibility index (Phi) is 6.96. The molecule has 0 atom stereocenters. The predicted octanol–water partition coefficient (Wildman–Crippen LogP) is 2.96. The molecule has 130 valence electrons. The summed E-state index contributed by atoms with van der Waals surface area (Å²) >= 11 is 11.4. The van der Waals surface area contributed by atoms with Crippen molar-refractivity contribution in [1.82, 2.24) is 20.0 Å². The smallest absolute Gasteiger partial charge is 0.173 e. The molecular weight excluding hydrogens is 349 g/mol. The Morgan fingerprint density at radius 3 is 2.71 bits per heavy atom. The summed E-state index contributed by atoms with van der Waals surface area (Å²) in [5, 5.41) is 11.5. The van der Waals surface area contributed by atoms with Gasteiger partial charge in [0.15, 0.2) is 10.9 Å². The molecule has 0 aliphatic rings. The first kappa shape index (κ1) is 18.6. The van der Waals surface area contributed by atoms with Gasteiger partial charge in [0.05, 0.1) is 6.54 Å². The van der Waals surface area contributed by atoms with E-state index in [0.717, 1.165) is 25.1 Å². The van der Waals surface area contributed by atoms with Gasteiger partial charge in [-0.1, -0.05) is 23.7 Å². The molecule has 2 N–H and O–H groups in total. The van der Waals surface area contributed by atoms with Gasteiger partial charge in [-0.2, -0.15) is 5.10 Å². The van der Waals surface area contributed by atoms with Gasteiger partial charge in [-0.15, -0.1) is 0 Å². The van der Waals surface area contributed by atoms with Crippen LogP contribution in [0.1, 0.15) is 12.0 Å². The van der Waals surface area contributed by atoms with E-state index >= 15 is 0 Å². The minimum Gasteiger partial charge on any atom is -0.362 e. The van der Waals surface area contributed by atoms with Crippen molar-refractivity contribution in [3.8, 4) is 0 Å². The molecule has 1 aromatic heterocycles. The van der Waals surface area contributed by atoms with Crippen LogP contribution in [0.5, 0.6) is 0 Å². The minimum absolute atomic E-state index is 0.259. The fraction of sp³-hybridized carbons (Fsp3) is 0.375.